The molecule has 1 rings (SSSR count). The van der Waals surface area contributed by atoms with Gasteiger partial charge in [-0.15, -0.1) is 0 Å². The highest BCUT2D eigenvalue weighted by Crippen LogP contribution is 2.45. The quantitative estimate of drug-likeness (QED) is 0.586. The minimum absolute atomic E-state index is 0.0928. The Bertz CT molecular complexity index is 270. The van der Waals surface area contributed by atoms with Gasteiger partial charge in [0.1, 0.15) is 0 Å². The van der Waals surface area contributed by atoms with Crippen LogP contribution in [0.25, 0.3) is 0 Å². The Hall–Kier alpha value is -1.10. The van der Waals surface area contributed by atoms with E-state index in [9.17, 15) is 9.59 Å². The normalized spacial score (nSPS) is 18.9. The fraction of sp³-hybridized carbons (Fsp3) is 0.818. The second kappa shape index (κ2) is 5.30. The SMILES string of the molecule is CCC(CN)CC(=O)NCC1(C(=O)O)CC1. The molecule has 4 N–H and O–H groups in total. The Labute approximate surface area is 95.4 Å². The number of nitrogens with two attached hydrogens (primary N) is 1. The van der Waals surface area contributed by atoms with Crippen molar-refractivity contribution < 1.29 is 14.7 Å². The van der Waals surface area contributed by atoms with Gasteiger partial charge >= 0.3 is 5.97 Å². The lowest BCUT2D eigenvalue weighted by molar-refractivity contribution is -0.143. The van der Waals surface area contributed by atoms with Gasteiger partial charge in [-0.1, -0.05) is 13.3 Å². The van der Waals surface area contributed by atoms with Gasteiger partial charge in [-0.3, -0.25) is 9.59 Å². The van der Waals surface area contributed by atoms with Crippen molar-refractivity contribution in [1.82, 2.24) is 5.32 Å². The summed E-state index contributed by atoms with van der Waals surface area (Å²) < 4.78 is 0. The summed E-state index contributed by atoms with van der Waals surface area (Å²) in [6.07, 6.45) is 2.59. The number of nitrogens with one attached hydrogen (secondary N) is 1. The molecule has 1 unspecified atom stereocenters. The van der Waals surface area contributed by atoms with Crippen LogP contribution in [0, 0.1) is 11.3 Å². The lowest BCUT2D eigenvalue weighted by Crippen LogP contribution is -2.35. The van der Waals surface area contributed by atoms with Gasteiger partial charge in [0.05, 0.1) is 5.41 Å². The number of rotatable bonds is 7. The van der Waals surface area contributed by atoms with Crippen LogP contribution in [-0.2, 0) is 9.59 Å². The molecule has 0 aromatic heterocycles. The van der Waals surface area contributed by atoms with Crippen molar-refractivity contribution in [3.8, 4) is 0 Å². The van der Waals surface area contributed by atoms with Gasteiger partial charge in [-0.05, 0) is 25.3 Å². The molecule has 92 valence electrons. The van der Waals surface area contributed by atoms with Gasteiger partial charge in [0.15, 0.2) is 0 Å². The monoisotopic (exact) mass is 228 g/mol. The Morgan fingerprint density at radius 1 is 1.50 bits per heavy atom. The molecule has 0 spiro atoms. The second-order valence-electron chi connectivity index (χ2n) is 4.58. The first-order valence-electron chi connectivity index (χ1n) is 5.74. The van der Waals surface area contributed by atoms with Gasteiger partial charge in [-0.25, -0.2) is 0 Å². The lowest BCUT2D eigenvalue weighted by Gasteiger charge is -2.14. The van der Waals surface area contributed by atoms with Crippen LogP contribution in [0.2, 0.25) is 0 Å². The van der Waals surface area contributed by atoms with Crippen molar-refractivity contribution in [3.63, 3.8) is 0 Å². The highest BCUT2D eigenvalue weighted by molar-refractivity contribution is 5.81. The summed E-state index contributed by atoms with van der Waals surface area (Å²) in [4.78, 5) is 22.4. The van der Waals surface area contributed by atoms with Crippen LogP contribution in [0.4, 0.5) is 0 Å². The average Bonchev–Trinajstić information content (AvgIpc) is 3.04. The van der Waals surface area contributed by atoms with Crippen LogP contribution >= 0.6 is 0 Å². The van der Waals surface area contributed by atoms with Crippen molar-refractivity contribution in [1.29, 1.82) is 0 Å². The third-order valence-electron chi connectivity index (χ3n) is 3.32. The Kier molecular flexibility index (Phi) is 4.29. The zero-order valence-electron chi connectivity index (χ0n) is 9.66. The maximum atomic E-state index is 11.5. The zero-order chi connectivity index (χ0) is 12.2. The van der Waals surface area contributed by atoms with E-state index in [1.54, 1.807) is 0 Å². The fourth-order valence-corrected chi connectivity index (χ4v) is 1.61. The second-order valence-corrected chi connectivity index (χ2v) is 4.58. The van der Waals surface area contributed by atoms with E-state index in [0.29, 0.717) is 25.8 Å². The van der Waals surface area contributed by atoms with Gasteiger partial charge in [0, 0.05) is 13.0 Å². The van der Waals surface area contributed by atoms with Crippen molar-refractivity contribution >= 4 is 11.9 Å². The molecule has 1 aliphatic rings. The number of carboxylic acids is 1. The maximum Gasteiger partial charge on any atom is 0.311 e. The van der Waals surface area contributed by atoms with E-state index < -0.39 is 11.4 Å². The number of amides is 1. The molecule has 0 aromatic rings. The number of hydrogen-bond donors (Lipinski definition) is 3. The summed E-state index contributed by atoms with van der Waals surface area (Å²) in [7, 11) is 0. The molecule has 1 atom stereocenters. The third-order valence-corrected chi connectivity index (χ3v) is 3.32. The van der Waals surface area contributed by atoms with Crippen molar-refractivity contribution in [3.05, 3.63) is 0 Å². The largest absolute Gasteiger partial charge is 0.481 e. The molecule has 0 bridgehead atoms. The molecular weight excluding hydrogens is 208 g/mol. The highest BCUT2D eigenvalue weighted by atomic mass is 16.4. The molecule has 5 nitrogen and oxygen atoms in total. The number of aliphatic carboxylic acids is 1. The van der Waals surface area contributed by atoms with Crippen LogP contribution in [0.5, 0.6) is 0 Å². The Morgan fingerprint density at radius 2 is 2.12 bits per heavy atom. The highest BCUT2D eigenvalue weighted by Gasteiger charge is 2.50. The van der Waals surface area contributed by atoms with Crippen LogP contribution < -0.4 is 11.1 Å². The molecule has 0 aliphatic heterocycles. The minimum Gasteiger partial charge on any atom is -0.481 e. The Morgan fingerprint density at radius 3 is 2.50 bits per heavy atom. The summed E-state index contributed by atoms with van der Waals surface area (Å²) in [6, 6.07) is 0. The molecule has 0 radical (unpaired) electrons. The van der Waals surface area contributed by atoms with Crippen molar-refractivity contribution in [2.75, 3.05) is 13.1 Å². The molecule has 0 heterocycles. The molecular formula is C11H20N2O3. The van der Waals surface area contributed by atoms with Crippen molar-refractivity contribution in [2.45, 2.75) is 32.6 Å². The zero-order valence-corrected chi connectivity index (χ0v) is 9.66. The van der Waals surface area contributed by atoms with Crippen LogP contribution in [-0.4, -0.2) is 30.1 Å². The number of hydrogen-bond acceptors (Lipinski definition) is 3. The molecule has 1 aliphatic carbocycles. The fourth-order valence-electron chi connectivity index (χ4n) is 1.61. The predicted molar refractivity (Wildman–Crippen MR) is 59.8 cm³/mol. The van der Waals surface area contributed by atoms with E-state index in [4.69, 9.17) is 10.8 Å². The minimum atomic E-state index is -0.807. The molecule has 0 aromatic carbocycles. The third kappa shape index (κ3) is 3.20. The molecule has 1 amide bonds. The molecule has 1 fully saturated rings. The molecule has 1 saturated carbocycles. The van der Waals surface area contributed by atoms with Crippen LogP contribution in [0.15, 0.2) is 0 Å². The van der Waals surface area contributed by atoms with E-state index in [0.717, 1.165) is 6.42 Å². The summed E-state index contributed by atoms with van der Waals surface area (Å²) in [6.45, 7) is 2.74. The first-order chi connectivity index (χ1) is 7.54. The van der Waals surface area contributed by atoms with Gasteiger partial charge < -0.3 is 16.2 Å². The smallest absolute Gasteiger partial charge is 0.311 e. The van der Waals surface area contributed by atoms with Gasteiger partial charge in [0.2, 0.25) is 5.91 Å². The molecule has 0 saturated heterocycles. The standard InChI is InChI=1S/C11H20N2O3/c1-2-8(6-12)5-9(14)13-7-11(3-4-11)10(15)16/h8H,2-7,12H2,1H3,(H,13,14)(H,15,16). The summed E-state index contributed by atoms with van der Waals surface area (Å²) >= 11 is 0. The topological polar surface area (TPSA) is 92.4 Å². The maximum absolute atomic E-state index is 11.5. The number of carbonyl (C=O) groups is 2. The molecule has 16 heavy (non-hydrogen) atoms. The predicted octanol–water partition coefficient (Wildman–Crippen LogP) is 0.342. The first kappa shape index (κ1) is 13.0. The summed E-state index contributed by atoms with van der Waals surface area (Å²) in [5.74, 6) is -0.705. The van der Waals surface area contributed by atoms with Crippen LogP contribution in [0.1, 0.15) is 32.6 Å². The van der Waals surface area contributed by atoms with E-state index in [2.05, 4.69) is 5.32 Å². The van der Waals surface area contributed by atoms with E-state index in [-0.39, 0.29) is 18.4 Å². The summed E-state index contributed by atoms with van der Waals surface area (Å²) in [5, 5.41) is 11.6. The van der Waals surface area contributed by atoms with Gasteiger partial charge in [-0.2, -0.15) is 0 Å². The van der Waals surface area contributed by atoms with Crippen LogP contribution in [0.3, 0.4) is 0 Å². The van der Waals surface area contributed by atoms with Gasteiger partial charge in [0.25, 0.3) is 0 Å². The molecule has 5 heteroatoms. The van der Waals surface area contributed by atoms with Crippen molar-refractivity contribution in [2.24, 2.45) is 17.1 Å². The lowest BCUT2D eigenvalue weighted by atomic mass is 10.0. The van der Waals surface area contributed by atoms with E-state index in [1.165, 1.54) is 0 Å². The number of carbonyl (C=O) groups excluding carboxylic acids is 1. The Balaban J connectivity index is 2.28. The number of carboxylic acid groups (broad SMARTS) is 1. The summed E-state index contributed by atoms with van der Waals surface area (Å²) in [5.41, 5.74) is 4.82. The van der Waals surface area contributed by atoms with E-state index >= 15 is 0 Å². The average molecular weight is 228 g/mol. The first-order valence-corrected chi connectivity index (χ1v) is 5.74. The van der Waals surface area contributed by atoms with E-state index in [1.807, 2.05) is 6.92 Å².